The molecular formula is C31H36N2O5. The van der Waals surface area contributed by atoms with E-state index in [1.54, 1.807) is 7.11 Å². The highest BCUT2D eigenvalue weighted by Crippen LogP contribution is 2.37. The number of nitrogens with one attached hydrogen (secondary N) is 1. The Labute approximate surface area is 224 Å². The van der Waals surface area contributed by atoms with E-state index in [1.165, 1.54) is 12.8 Å². The smallest absolute Gasteiger partial charge is 0.257 e. The zero-order valence-electron chi connectivity index (χ0n) is 22.2. The van der Waals surface area contributed by atoms with Gasteiger partial charge in [-0.3, -0.25) is 9.69 Å². The molecule has 2 aliphatic rings. The van der Waals surface area contributed by atoms with Crippen molar-refractivity contribution in [2.45, 2.75) is 32.7 Å². The van der Waals surface area contributed by atoms with Gasteiger partial charge >= 0.3 is 0 Å². The van der Waals surface area contributed by atoms with E-state index in [9.17, 15) is 4.79 Å². The largest absolute Gasteiger partial charge is 0.497 e. The number of hydrogen-bond donors (Lipinski definition) is 1. The molecule has 38 heavy (non-hydrogen) atoms. The molecule has 0 bridgehead atoms. The number of likely N-dealkylation sites (tertiary alicyclic amines) is 1. The molecule has 7 heteroatoms. The maximum atomic E-state index is 12.6. The van der Waals surface area contributed by atoms with Gasteiger partial charge in [0.15, 0.2) is 18.1 Å². The summed E-state index contributed by atoms with van der Waals surface area (Å²) in [7, 11) is 1.65. The predicted octanol–water partition coefficient (Wildman–Crippen LogP) is 5.06. The standard InChI is InChI=1S/C31H36N2O5/c1-22-5-4-14-33(18-22)19-26-16-24(25-9-11-29-30(17-25)38-21-37-29)8-10-28(26)36-20-31(34)32-13-12-23-6-3-7-27(15-23)35-2/h3,6-11,15-17,22H,4-5,12-14,18-21H2,1-2H3,(H,32,34). The average Bonchev–Trinajstić information content (AvgIpc) is 3.41. The molecular weight excluding hydrogens is 480 g/mol. The van der Waals surface area contributed by atoms with E-state index in [1.807, 2.05) is 54.6 Å². The van der Waals surface area contributed by atoms with Crippen LogP contribution in [0.3, 0.4) is 0 Å². The number of fused-ring (bicyclic) bond motifs is 1. The highest BCUT2D eigenvalue weighted by Gasteiger charge is 2.20. The van der Waals surface area contributed by atoms with Crippen molar-refractivity contribution >= 4 is 5.91 Å². The molecule has 1 fully saturated rings. The Balaban J connectivity index is 1.25. The number of amides is 1. The SMILES string of the molecule is COc1cccc(CCNC(=O)COc2ccc(-c3ccc4c(c3)OCO4)cc2CN2CCCC(C)C2)c1. The molecule has 2 heterocycles. The number of piperidine rings is 1. The number of carbonyl (C=O) groups is 1. The molecule has 0 saturated carbocycles. The second-order valence-electron chi connectivity index (χ2n) is 10.1. The van der Waals surface area contributed by atoms with Gasteiger partial charge in [-0.25, -0.2) is 0 Å². The van der Waals surface area contributed by atoms with Crippen molar-refractivity contribution < 1.29 is 23.7 Å². The van der Waals surface area contributed by atoms with Gasteiger partial charge < -0.3 is 24.3 Å². The van der Waals surface area contributed by atoms with E-state index in [0.717, 1.165) is 71.3 Å². The highest BCUT2D eigenvalue weighted by atomic mass is 16.7. The van der Waals surface area contributed by atoms with Crippen LogP contribution in [0.5, 0.6) is 23.0 Å². The first-order chi connectivity index (χ1) is 18.6. The fraction of sp³-hybridized carbons (Fsp3) is 0.387. The molecule has 0 aromatic heterocycles. The minimum atomic E-state index is -0.134. The molecule has 3 aromatic rings. The number of methoxy groups -OCH3 is 1. The fourth-order valence-corrected chi connectivity index (χ4v) is 5.14. The Kier molecular flexibility index (Phi) is 8.34. The van der Waals surface area contributed by atoms with Crippen molar-refractivity contribution in [3.63, 3.8) is 0 Å². The van der Waals surface area contributed by atoms with Gasteiger partial charge in [0.25, 0.3) is 5.91 Å². The molecule has 1 saturated heterocycles. The van der Waals surface area contributed by atoms with Gasteiger partial charge in [-0.05, 0) is 84.8 Å². The van der Waals surface area contributed by atoms with Gasteiger partial charge in [0.1, 0.15) is 11.5 Å². The quantitative estimate of drug-likeness (QED) is 0.406. The molecule has 0 spiro atoms. The maximum Gasteiger partial charge on any atom is 0.257 e. The van der Waals surface area contributed by atoms with Crippen molar-refractivity contribution in [1.29, 1.82) is 0 Å². The molecule has 1 N–H and O–H groups in total. The number of benzene rings is 3. The Morgan fingerprint density at radius 1 is 1.05 bits per heavy atom. The van der Waals surface area contributed by atoms with Gasteiger partial charge in [0.2, 0.25) is 6.79 Å². The van der Waals surface area contributed by atoms with Crippen LogP contribution in [0, 0.1) is 5.92 Å². The molecule has 0 radical (unpaired) electrons. The minimum absolute atomic E-state index is 0.0229. The van der Waals surface area contributed by atoms with Crippen LogP contribution < -0.4 is 24.3 Å². The summed E-state index contributed by atoms with van der Waals surface area (Å²) in [5.74, 6) is 3.65. The normalized spacial score (nSPS) is 16.7. The van der Waals surface area contributed by atoms with Crippen LogP contribution in [0.1, 0.15) is 30.9 Å². The summed E-state index contributed by atoms with van der Waals surface area (Å²) in [6, 6.07) is 20.1. The zero-order chi connectivity index (χ0) is 26.3. The third-order valence-electron chi connectivity index (χ3n) is 7.13. The zero-order valence-corrected chi connectivity index (χ0v) is 22.2. The van der Waals surface area contributed by atoms with Crippen molar-refractivity contribution in [3.8, 4) is 34.1 Å². The first-order valence-electron chi connectivity index (χ1n) is 13.3. The van der Waals surface area contributed by atoms with E-state index in [4.69, 9.17) is 18.9 Å². The van der Waals surface area contributed by atoms with E-state index >= 15 is 0 Å². The first kappa shape index (κ1) is 25.9. The van der Waals surface area contributed by atoms with Crippen molar-refractivity contribution in [1.82, 2.24) is 10.2 Å². The number of ether oxygens (including phenoxy) is 4. The predicted molar refractivity (Wildman–Crippen MR) is 147 cm³/mol. The molecule has 5 rings (SSSR count). The second-order valence-corrected chi connectivity index (χ2v) is 10.1. The summed E-state index contributed by atoms with van der Waals surface area (Å²) in [6.07, 6.45) is 3.20. The van der Waals surface area contributed by atoms with Crippen LogP contribution >= 0.6 is 0 Å². The van der Waals surface area contributed by atoms with E-state index in [-0.39, 0.29) is 19.3 Å². The summed E-state index contributed by atoms with van der Waals surface area (Å²) in [5.41, 5.74) is 4.34. The van der Waals surface area contributed by atoms with Crippen LogP contribution in [0.15, 0.2) is 60.7 Å². The third kappa shape index (κ3) is 6.58. The van der Waals surface area contributed by atoms with Crippen LogP contribution in [0.2, 0.25) is 0 Å². The third-order valence-corrected chi connectivity index (χ3v) is 7.13. The average molecular weight is 517 g/mol. The van der Waals surface area contributed by atoms with Gasteiger partial charge in [0.05, 0.1) is 7.11 Å². The lowest BCUT2D eigenvalue weighted by atomic mass is 9.98. The summed E-state index contributed by atoms with van der Waals surface area (Å²) in [5, 5.41) is 2.97. The van der Waals surface area contributed by atoms with E-state index in [0.29, 0.717) is 12.5 Å². The number of carbonyl (C=O) groups excluding carboxylic acids is 1. The number of rotatable bonds is 10. The van der Waals surface area contributed by atoms with Crippen LogP contribution in [0.4, 0.5) is 0 Å². The van der Waals surface area contributed by atoms with Crippen molar-refractivity contribution in [2.24, 2.45) is 5.92 Å². The van der Waals surface area contributed by atoms with E-state index in [2.05, 4.69) is 23.2 Å². The van der Waals surface area contributed by atoms with Crippen LogP contribution in [-0.4, -0.2) is 51.0 Å². The van der Waals surface area contributed by atoms with Crippen LogP contribution in [-0.2, 0) is 17.8 Å². The van der Waals surface area contributed by atoms with Gasteiger partial charge in [-0.1, -0.05) is 31.2 Å². The summed E-state index contributed by atoms with van der Waals surface area (Å²) < 4.78 is 22.4. The maximum absolute atomic E-state index is 12.6. The highest BCUT2D eigenvalue weighted by molar-refractivity contribution is 5.77. The lowest BCUT2D eigenvalue weighted by Crippen LogP contribution is -2.34. The number of hydrogen-bond acceptors (Lipinski definition) is 6. The molecule has 0 aliphatic carbocycles. The van der Waals surface area contributed by atoms with Gasteiger partial charge in [0, 0.05) is 25.2 Å². The summed E-state index contributed by atoms with van der Waals surface area (Å²) in [6.45, 7) is 6.01. The van der Waals surface area contributed by atoms with Crippen LogP contribution in [0.25, 0.3) is 11.1 Å². The Morgan fingerprint density at radius 3 is 2.76 bits per heavy atom. The molecule has 1 amide bonds. The molecule has 1 unspecified atom stereocenters. The monoisotopic (exact) mass is 516 g/mol. The molecule has 7 nitrogen and oxygen atoms in total. The molecule has 1 atom stereocenters. The topological polar surface area (TPSA) is 69.3 Å². The van der Waals surface area contributed by atoms with Gasteiger partial charge in [-0.15, -0.1) is 0 Å². The van der Waals surface area contributed by atoms with Gasteiger partial charge in [-0.2, -0.15) is 0 Å². The summed E-state index contributed by atoms with van der Waals surface area (Å²) in [4.78, 5) is 15.1. The van der Waals surface area contributed by atoms with E-state index < -0.39 is 0 Å². The molecule has 200 valence electrons. The Morgan fingerprint density at radius 2 is 1.89 bits per heavy atom. The minimum Gasteiger partial charge on any atom is -0.497 e. The second kappa shape index (κ2) is 12.2. The first-order valence-corrected chi connectivity index (χ1v) is 13.3. The molecule has 3 aromatic carbocycles. The van der Waals surface area contributed by atoms with Crippen molar-refractivity contribution in [2.75, 3.05) is 40.1 Å². The number of nitrogens with zero attached hydrogens (tertiary/aromatic N) is 1. The Hall–Kier alpha value is -3.71. The molecule has 2 aliphatic heterocycles. The Bertz CT molecular complexity index is 1260. The van der Waals surface area contributed by atoms with Crippen molar-refractivity contribution in [3.05, 3.63) is 71.8 Å². The lowest BCUT2D eigenvalue weighted by molar-refractivity contribution is -0.123. The fourth-order valence-electron chi connectivity index (χ4n) is 5.14. The lowest BCUT2D eigenvalue weighted by Gasteiger charge is -2.31. The summed E-state index contributed by atoms with van der Waals surface area (Å²) >= 11 is 0.